The van der Waals surface area contributed by atoms with Gasteiger partial charge < -0.3 is 15.5 Å². The van der Waals surface area contributed by atoms with Gasteiger partial charge in [0.1, 0.15) is 0 Å². The summed E-state index contributed by atoms with van der Waals surface area (Å²) < 4.78 is 0. The van der Waals surface area contributed by atoms with Gasteiger partial charge in [-0.15, -0.1) is 0 Å². The highest BCUT2D eigenvalue weighted by atomic mass is 35.5. The average molecular weight is 298 g/mol. The van der Waals surface area contributed by atoms with Crippen molar-refractivity contribution in [2.24, 2.45) is 5.73 Å². The molecule has 0 spiro atoms. The second kappa shape index (κ2) is 9.22. The van der Waals surface area contributed by atoms with Gasteiger partial charge in [0.05, 0.1) is 0 Å². The van der Waals surface area contributed by atoms with E-state index in [0.29, 0.717) is 6.54 Å². The summed E-state index contributed by atoms with van der Waals surface area (Å²) in [5.41, 5.74) is 8.18. The normalized spacial score (nSPS) is 11.1. The van der Waals surface area contributed by atoms with Crippen LogP contribution in [0, 0.1) is 0 Å². The fourth-order valence-corrected chi connectivity index (χ4v) is 2.64. The Hall–Kier alpha value is -0.770. The van der Waals surface area contributed by atoms with Crippen LogP contribution in [0.4, 0.5) is 5.69 Å². The highest BCUT2D eigenvalue weighted by molar-refractivity contribution is 6.30. The standard InChI is InChI=1S/C16H28ClN3/c1-4-19(5-2)10-7-11-20(6-3)16-12-15(17)9-8-14(16)13-18/h8-9,12H,4-7,10-11,13,18H2,1-3H3. The summed E-state index contributed by atoms with van der Waals surface area (Å²) in [5.74, 6) is 0. The summed E-state index contributed by atoms with van der Waals surface area (Å²) in [6.45, 7) is 12.6. The molecule has 1 aromatic rings. The topological polar surface area (TPSA) is 32.5 Å². The maximum atomic E-state index is 6.13. The maximum absolute atomic E-state index is 6.13. The molecule has 0 amide bonds. The largest absolute Gasteiger partial charge is 0.371 e. The van der Waals surface area contributed by atoms with Crippen molar-refractivity contribution >= 4 is 17.3 Å². The van der Waals surface area contributed by atoms with Crippen molar-refractivity contribution in [1.29, 1.82) is 0 Å². The first-order chi connectivity index (χ1) is 9.65. The van der Waals surface area contributed by atoms with E-state index < -0.39 is 0 Å². The van der Waals surface area contributed by atoms with Crippen LogP contribution >= 0.6 is 11.6 Å². The van der Waals surface area contributed by atoms with E-state index in [9.17, 15) is 0 Å². The van der Waals surface area contributed by atoms with Gasteiger partial charge in [0.25, 0.3) is 0 Å². The zero-order valence-corrected chi connectivity index (χ0v) is 13.8. The van der Waals surface area contributed by atoms with Gasteiger partial charge in [-0.05, 0) is 50.7 Å². The third-order valence-corrected chi connectivity index (χ3v) is 4.02. The zero-order valence-electron chi connectivity index (χ0n) is 13.0. The van der Waals surface area contributed by atoms with Gasteiger partial charge in [-0.3, -0.25) is 0 Å². The van der Waals surface area contributed by atoms with Gasteiger partial charge in [-0.25, -0.2) is 0 Å². The lowest BCUT2D eigenvalue weighted by atomic mass is 10.1. The smallest absolute Gasteiger partial charge is 0.0426 e. The third-order valence-electron chi connectivity index (χ3n) is 3.79. The van der Waals surface area contributed by atoms with Crippen molar-refractivity contribution in [3.05, 3.63) is 28.8 Å². The molecule has 2 N–H and O–H groups in total. The molecule has 0 aromatic heterocycles. The lowest BCUT2D eigenvalue weighted by Crippen LogP contribution is -2.30. The second-order valence-electron chi connectivity index (χ2n) is 4.94. The number of benzene rings is 1. The molecule has 0 atom stereocenters. The average Bonchev–Trinajstić information content (AvgIpc) is 2.47. The van der Waals surface area contributed by atoms with Gasteiger partial charge >= 0.3 is 0 Å². The molecular formula is C16H28ClN3. The van der Waals surface area contributed by atoms with E-state index in [1.54, 1.807) is 0 Å². The van der Waals surface area contributed by atoms with Crippen molar-refractivity contribution in [3.63, 3.8) is 0 Å². The molecule has 0 bridgehead atoms. The first-order valence-corrected chi connectivity index (χ1v) is 7.99. The third kappa shape index (κ3) is 4.97. The minimum absolute atomic E-state index is 0.555. The van der Waals surface area contributed by atoms with E-state index in [4.69, 9.17) is 17.3 Å². The number of rotatable bonds is 9. The molecule has 20 heavy (non-hydrogen) atoms. The molecule has 0 radical (unpaired) electrons. The first-order valence-electron chi connectivity index (χ1n) is 7.61. The lowest BCUT2D eigenvalue weighted by Gasteiger charge is -2.27. The molecule has 0 saturated carbocycles. The monoisotopic (exact) mass is 297 g/mol. The first kappa shape index (κ1) is 17.3. The molecule has 114 valence electrons. The van der Waals surface area contributed by atoms with Crippen molar-refractivity contribution < 1.29 is 0 Å². The molecule has 0 aliphatic carbocycles. The number of hydrogen-bond acceptors (Lipinski definition) is 3. The number of hydrogen-bond donors (Lipinski definition) is 1. The van der Waals surface area contributed by atoms with E-state index in [2.05, 4.69) is 30.6 Å². The molecule has 1 aromatic carbocycles. The van der Waals surface area contributed by atoms with Crippen molar-refractivity contribution in [1.82, 2.24) is 4.90 Å². The van der Waals surface area contributed by atoms with Gasteiger partial charge in [0.2, 0.25) is 0 Å². The van der Waals surface area contributed by atoms with E-state index in [0.717, 1.165) is 44.2 Å². The summed E-state index contributed by atoms with van der Waals surface area (Å²) >= 11 is 6.13. The number of nitrogens with zero attached hydrogens (tertiary/aromatic N) is 2. The minimum atomic E-state index is 0.555. The second-order valence-corrected chi connectivity index (χ2v) is 5.37. The van der Waals surface area contributed by atoms with Crippen LogP contribution in [0.25, 0.3) is 0 Å². The van der Waals surface area contributed by atoms with E-state index in [1.807, 2.05) is 18.2 Å². The van der Waals surface area contributed by atoms with Crippen LogP contribution in [0.2, 0.25) is 5.02 Å². The van der Waals surface area contributed by atoms with Gasteiger partial charge in [-0.2, -0.15) is 0 Å². The number of anilines is 1. The van der Waals surface area contributed by atoms with E-state index in [-0.39, 0.29) is 0 Å². The quantitative estimate of drug-likeness (QED) is 0.758. The Bertz CT molecular complexity index is 391. The lowest BCUT2D eigenvalue weighted by molar-refractivity contribution is 0.300. The van der Waals surface area contributed by atoms with Gasteiger partial charge in [0.15, 0.2) is 0 Å². The Kier molecular flexibility index (Phi) is 7.97. The summed E-state index contributed by atoms with van der Waals surface area (Å²) in [4.78, 5) is 4.83. The van der Waals surface area contributed by atoms with Crippen LogP contribution in [0.5, 0.6) is 0 Å². The molecule has 0 aliphatic rings. The molecule has 3 nitrogen and oxygen atoms in total. The van der Waals surface area contributed by atoms with E-state index >= 15 is 0 Å². The van der Waals surface area contributed by atoms with Crippen LogP contribution in [-0.2, 0) is 6.54 Å². The Labute approximate surface area is 128 Å². The highest BCUT2D eigenvalue weighted by Crippen LogP contribution is 2.24. The van der Waals surface area contributed by atoms with Crippen molar-refractivity contribution in [2.45, 2.75) is 33.7 Å². The molecule has 0 heterocycles. The Morgan fingerprint density at radius 1 is 1.05 bits per heavy atom. The molecule has 0 fully saturated rings. The van der Waals surface area contributed by atoms with Gasteiger partial charge in [-0.1, -0.05) is 31.5 Å². The Balaban J connectivity index is 2.68. The fourth-order valence-electron chi connectivity index (χ4n) is 2.48. The predicted molar refractivity (Wildman–Crippen MR) is 89.6 cm³/mol. The van der Waals surface area contributed by atoms with Crippen molar-refractivity contribution in [2.75, 3.05) is 37.6 Å². The summed E-state index contributed by atoms with van der Waals surface area (Å²) in [5, 5.41) is 0.777. The van der Waals surface area contributed by atoms with Crippen LogP contribution in [-0.4, -0.2) is 37.6 Å². The maximum Gasteiger partial charge on any atom is 0.0426 e. The summed E-state index contributed by atoms with van der Waals surface area (Å²) in [6.07, 6.45) is 1.16. The molecule has 0 saturated heterocycles. The van der Waals surface area contributed by atoms with Crippen LogP contribution in [0.15, 0.2) is 18.2 Å². The molecular weight excluding hydrogens is 270 g/mol. The van der Waals surface area contributed by atoms with Crippen LogP contribution in [0.1, 0.15) is 32.8 Å². The predicted octanol–water partition coefficient (Wildman–Crippen LogP) is 3.36. The highest BCUT2D eigenvalue weighted by Gasteiger charge is 2.10. The molecule has 4 heteroatoms. The Morgan fingerprint density at radius 2 is 1.75 bits per heavy atom. The van der Waals surface area contributed by atoms with Crippen molar-refractivity contribution in [3.8, 4) is 0 Å². The van der Waals surface area contributed by atoms with Gasteiger partial charge in [0, 0.05) is 30.3 Å². The molecule has 0 unspecified atom stereocenters. The minimum Gasteiger partial charge on any atom is -0.371 e. The SMILES string of the molecule is CCN(CC)CCCN(CC)c1cc(Cl)ccc1CN. The molecule has 1 rings (SSSR count). The molecule has 0 aliphatic heterocycles. The number of nitrogens with two attached hydrogens (primary N) is 1. The van der Waals surface area contributed by atoms with Crippen LogP contribution < -0.4 is 10.6 Å². The number of halogens is 1. The van der Waals surface area contributed by atoms with Crippen LogP contribution in [0.3, 0.4) is 0 Å². The zero-order chi connectivity index (χ0) is 15.0. The Morgan fingerprint density at radius 3 is 2.30 bits per heavy atom. The van der Waals surface area contributed by atoms with E-state index in [1.165, 1.54) is 11.3 Å². The summed E-state index contributed by atoms with van der Waals surface area (Å²) in [6, 6.07) is 5.98. The summed E-state index contributed by atoms with van der Waals surface area (Å²) in [7, 11) is 0. The fraction of sp³-hybridized carbons (Fsp3) is 0.625.